The van der Waals surface area contributed by atoms with Gasteiger partial charge >= 0.3 is 0 Å². The van der Waals surface area contributed by atoms with Crippen LogP contribution in [0.5, 0.6) is 0 Å². The monoisotopic (exact) mass is 638 g/mol. The smallest absolute Gasteiger partial charge is 0.160 e. The van der Waals surface area contributed by atoms with Gasteiger partial charge in [0.15, 0.2) is 5.82 Å². The standard InChI is InChI=1S/C48H34N2/c1-33-45(34-19-6-2-7-20-34)49-47(35-21-8-3-9-22-35)50-46(33)42-29-15-14-27-38(42)40-30-18-31-41-39-28-16-17-32-43(39)48(44(40)41,36-23-10-4-11-24-36)37-25-12-5-13-26-37/h2-32H,1H3. The van der Waals surface area contributed by atoms with Crippen LogP contribution in [0.3, 0.4) is 0 Å². The van der Waals surface area contributed by atoms with E-state index in [1.165, 1.54) is 38.9 Å². The first kappa shape index (κ1) is 29.7. The molecule has 0 aliphatic heterocycles. The van der Waals surface area contributed by atoms with Gasteiger partial charge in [0.1, 0.15) is 0 Å². The van der Waals surface area contributed by atoms with Crippen LogP contribution < -0.4 is 0 Å². The molecule has 0 N–H and O–H groups in total. The van der Waals surface area contributed by atoms with Crippen LogP contribution in [-0.4, -0.2) is 9.97 Å². The Morgan fingerprint density at radius 1 is 0.360 bits per heavy atom. The van der Waals surface area contributed by atoms with Gasteiger partial charge in [-0.1, -0.05) is 188 Å². The largest absolute Gasteiger partial charge is 0.228 e. The molecule has 0 spiro atoms. The minimum atomic E-state index is -0.525. The molecule has 0 bridgehead atoms. The summed E-state index contributed by atoms with van der Waals surface area (Å²) in [5, 5.41) is 0. The van der Waals surface area contributed by atoms with Crippen LogP contribution >= 0.6 is 0 Å². The molecule has 1 aliphatic carbocycles. The summed E-state index contributed by atoms with van der Waals surface area (Å²) in [7, 11) is 0. The van der Waals surface area contributed by atoms with Crippen molar-refractivity contribution >= 4 is 0 Å². The fourth-order valence-electron chi connectivity index (χ4n) is 8.02. The van der Waals surface area contributed by atoms with Crippen LogP contribution in [0.1, 0.15) is 27.8 Å². The Bertz CT molecular complexity index is 2430. The molecule has 0 atom stereocenters. The van der Waals surface area contributed by atoms with Crippen molar-refractivity contribution in [2.45, 2.75) is 12.3 Å². The number of hydrogen-bond donors (Lipinski definition) is 0. The van der Waals surface area contributed by atoms with Crippen molar-refractivity contribution in [2.75, 3.05) is 0 Å². The molecule has 1 heterocycles. The number of benzene rings is 7. The van der Waals surface area contributed by atoms with Crippen LogP contribution in [0.25, 0.3) is 56.2 Å². The quantitative estimate of drug-likeness (QED) is 0.181. The van der Waals surface area contributed by atoms with E-state index in [4.69, 9.17) is 9.97 Å². The van der Waals surface area contributed by atoms with Crippen molar-refractivity contribution in [1.29, 1.82) is 0 Å². The third-order valence-corrected chi connectivity index (χ3v) is 10.2. The minimum Gasteiger partial charge on any atom is -0.228 e. The van der Waals surface area contributed by atoms with E-state index in [-0.39, 0.29) is 0 Å². The van der Waals surface area contributed by atoms with E-state index in [2.05, 4.69) is 171 Å². The topological polar surface area (TPSA) is 25.8 Å². The normalized spacial score (nSPS) is 12.7. The average Bonchev–Trinajstić information content (AvgIpc) is 3.51. The van der Waals surface area contributed by atoms with Gasteiger partial charge in [-0.15, -0.1) is 0 Å². The van der Waals surface area contributed by atoms with Crippen molar-refractivity contribution in [3.63, 3.8) is 0 Å². The van der Waals surface area contributed by atoms with E-state index in [0.717, 1.165) is 39.2 Å². The summed E-state index contributed by atoms with van der Waals surface area (Å²) in [5.74, 6) is 0.716. The number of hydrogen-bond acceptors (Lipinski definition) is 2. The van der Waals surface area contributed by atoms with Gasteiger partial charge in [-0.25, -0.2) is 9.97 Å². The third-order valence-electron chi connectivity index (χ3n) is 10.2. The maximum absolute atomic E-state index is 5.36. The number of rotatable bonds is 6. The molecule has 7 aromatic carbocycles. The first-order valence-electron chi connectivity index (χ1n) is 17.2. The Kier molecular flexibility index (Phi) is 7.29. The van der Waals surface area contributed by atoms with Gasteiger partial charge < -0.3 is 0 Å². The van der Waals surface area contributed by atoms with E-state index in [1.807, 2.05) is 24.3 Å². The first-order valence-corrected chi connectivity index (χ1v) is 17.2. The van der Waals surface area contributed by atoms with Gasteiger partial charge in [-0.05, 0) is 51.4 Å². The molecule has 0 unspecified atom stereocenters. The lowest BCUT2D eigenvalue weighted by Crippen LogP contribution is -2.29. The molecule has 8 aromatic rings. The zero-order valence-corrected chi connectivity index (χ0v) is 27.8. The fourth-order valence-corrected chi connectivity index (χ4v) is 8.02. The minimum absolute atomic E-state index is 0.525. The highest BCUT2D eigenvalue weighted by molar-refractivity contribution is 5.96. The highest BCUT2D eigenvalue weighted by atomic mass is 14.9. The summed E-state index contributed by atoms with van der Waals surface area (Å²) in [5.41, 5.74) is 15.5. The third kappa shape index (κ3) is 4.64. The molecule has 0 saturated carbocycles. The molecule has 0 fully saturated rings. The predicted octanol–water partition coefficient (Wildman–Crippen LogP) is 11.8. The molecular weight excluding hydrogens is 605 g/mol. The summed E-state index contributed by atoms with van der Waals surface area (Å²) in [6.07, 6.45) is 0. The Hall–Kier alpha value is -6.38. The van der Waals surface area contributed by atoms with Crippen LogP contribution in [0, 0.1) is 6.92 Å². The van der Waals surface area contributed by atoms with Gasteiger partial charge in [-0.3, -0.25) is 0 Å². The first-order chi connectivity index (χ1) is 24.7. The summed E-state index contributed by atoms with van der Waals surface area (Å²) < 4.78 is 0. The lowest BCUT2D eigenvalue weighted by atomic mass is 9.66. The van der Waals surface area contributed by atoms with Gasteiger partial charge in [-0.2, -0.15) is 0 Å². The zero-order valence-electron chi connectivity index (χ0n) is 27.8. The van der Waals surface area contributed by atoms with Crippen molar-refractivity contribution < 1.29 is 0 Å². The van der Waals surface area contributed by atoms with Gasteiger partial charge in [0.25, 0.3) is 0 Å². The fraction of sp³-hybridized carbons (Fsp3) is 0.0417. The second kappa shape index (κ2) is 12.3. The lowest BCUT2D eigenvalue weighted by Gasteiger charge is -2.35. The molecule has 2 nitrogen and oxygen atoms in total. The van der Waals surface area contributed by atoms with Crippen molar-refractivity contribution in [3.8, 4) is 56.2 Å². The Labute approximate surface area is 293 Å². The van der Waals surface area contributed by atoms with Crippen molar-refractivity contribution in [1.82, 2.24) is 9.97 Å². The molecule has 0 amide bonds. The Balaban J connectivity index is 1.37. The molecular formula is C48H34N2. The predicted molar refractivity (Wildman–Crippen MR) is 206 cm³/mol. The van der Waals surface area contributed by atoms with Crippen molar-refractivity contribution in [3.05, 3.63) is 216 Å². The molecule has 2 heteroatoms. The van der Waals surface area contributed by atoms with E-state index in [9.17, 15) is 0 Å². The summed E-state index contributed by atoms with van der Waals surface area (Å²) >= 11 is 0. The van der Waals surface area contributed by atoms with Gasteiger partial charge in [0, 0.05) is 22.3 Å². The average molecular weight is 639 g/mol. The Morgan fingerprint density at radius 3 is 1.42 bits per heavy atom. The van der Waals surface area contributed by atoms with Gasteiger partial charge in [0.2, 0.25) is 0 Å². The van der Waals surface area contributed by atoms with E-state index < -0.39 is 5.41 Å². The van der Waals surface area contributed by atoms with Crippen LogP contribution in [0.15, 0.2) is 188 Å². The maximum Gasteiger partial charge on any atom is 0.160 e. The van der Waals surface area contributed by atoms with Gasteiger partial charge in [0.05, 0.1) is 16.8 Å². The van der Waals surface area contributed by atoms with Crippen molar-refractivity contribution in [2.24, 2.45) is 0 Å². The van der Waals surface area contributed by atoms with Crippen LogP contribution in [0.4, 0.5) is 0 Å². The van der Waals surface area contributed by atoms with E-state index in [0.29, 0.717) is 5.82 Å². The summed E-state index contributed by atoms with van der Waals surface area (Å²) in [6.45, 7) is 2.16. The highest BCUT2D eigenvalue weighted by Gasteiger charge is 2.47. The zero-order chi connectivity index (χ0) is 33.5. The number of aromatic nitrogens is 2. The van der Waals surface area contributed by atoms with E-state index in [1.54, 1.807) is 0 Å². The maximum atomic E-state index is 5.36. The molecule has 9 rings (SSSR count). The molecule has 50 heavy (non-hydrogen) atoms. The number of fused-ring (bicyclic) bond motifs is 3. The molecule has 236 valence electrons. The molecule has 1 aliphatic rings. The lowest BCUT2D eigenvalue weighted by molar-refractivity contribution is 0.770. The number of nitrogens with zero attached hydrogens (tertiary/aromatic N) is 2. The molecule has 0 saturated heterocycles. The molecule has 0 radical (unpaired) electrons. The second-order valence-corrected chi connectivity index (χ2v) is 12.9. The SMILES string of the molecule is Cc1c(-c2ccccc2)nc(-c2ccccc2)nc1-c1ccccc1-c1cccc2c1C(c1ccccc1)(c1ccccc1)c1ccccc1-2. The summed E-state index contributed by atoms with van der Waals surface area (Å²) in [4.78, 5) is 10.5. The van der Waals surface area contributed by atoms with Crippen LogP contribution in [0.2, 0.25) is 0 Å². The molecule has 1 aromatic heterocycles. The van der Waals surface area contributed by atoms with E-state index >= 15 is 0 Å². The highest BCUT2D eigenvalue weighted by Crippen LogP contribution is 2.59. The second-order valence-electron chi connectivity index (χ2n) is 12.9. The van der Waals surface area contributed by atoms with Crippen LogP contribution in [-0.2, 0) is 5.41 Å². The summed E-state index contributed by atoms with van der Waals surface area (Å²) in [6, 6.07) is 67.3. The Morgan fingerprint density at radius 2 is 0.800 bits per heavy atom.